The lowest BCUT2D eigenvalue weighted by Crippen LogP contribution is -2.42. The van der Waals surface area contributed by atoms with Crippen molar-refractivity contribution in [2.75, 3.05) is 6.26 Å². The van der Waals surface area contributed by atoms with Crippen LogP contribution < -0.4 is 5.32 Å². The maximum Gasteiger partial charge on any atom is 0.253 e. The molecule has 5 unspecified atom stereocenters. The van der Waals surface area contributed by atoms with Gasteiger partial charge < -0.3 is 5.32 Å². The van der Waals surface area contributed by atoms with E-state index in [4.69, 9.17) is 11.6 Å². The van der Waals surface area contributed by atoms with Crippen LogP contribution in [0.3, 0.4) is 0 Å². The summed E-state index contributed by atoms with van der Waals surface area (Å²) in [5.74, 6) is 3.41. The summed E-state index contributed by atoms with van der Waals surface area (Å²) in [4.78, 5) is 13.7. The second-order valence-corrected chi connectivity index (χ2v) is 8.37. The van der Waals surface area contributed by atoms with Crippen LogP contribution in [0.2, 0.25) is 5.02 Å². The van der Waals surface area contributed by atoms with Crippen molar-refractivity contribution in [3.63, 3.8) is 0 Å². The van der Waals surface area contributed by atoms with Crippen LogP contribution in [0.1, 0.15) is 42.5 Å². The van der Waals surface area contributed by atoms with Crippen molar-refractivity contribution in [1.82, 2.24) is 5.32 Å². The van der Waals surface area contributed by atoms with Gasteiger partial charge in [-0.15, -0.1) is 11.8 Å². The summed E-state index contributed by atoms with van der Waals surface area (Å²) in [5, 5.41) is 3.85. The lowest BCUT2D eigenvalue weighted by atomic mass is 9.79. The predicted molar refractivity (Wildman–Crippen MR) is 91.5 cm³/mol. The zero-order chi connectivity index (χ0) is 15.3. The number of amides is 1. The number of fused-ring (bicyclic) bond motifs is 5. The Morgan fingerprint density at radius 2 is 2.05 bits per heavy atom. The van der Waals surface area contributed by atoms with Crippen LogP contribution >= 0.6 is 23.4 Å². The number of benzene rings is 1. The minimum absolute atomic E-state index is 0.00740. The number of nitrogens with one attached hydrogen (secondary N) is 1. The SMILES string of the molecule is CSc1ccc(Cl)c(C(=O)NC2CC3CC2C2CCCC32)c1. The molecule has 1 N–H and O–H groups in total. The van der Waals surface area contributed by atoms with Crippen LogP contribution in [0.15, 0.2) is 23.1 Å². The van der Waals surface area contributed by atoms with Gasteiger partial charge in [0.25, 0.3) is 5.91 Å². The van der Waals surface area contributed by atoms with Crippen LogP contribution in [0.5, 0.6) is 0 Å². The Labute approximate surface area is 141 Å². The molecule has 1 amide bonds. The summed E-state index contributed by atoms with van der Waals surface area (Å²) in [6, 6.07) is 6.07. The standard InChI is InChI=1S/C18H22ClNOS/c1-22-11-5-6-16(19)15(9-11)18(21)20-17-8-10-7-14(17)13-4-2-3-12(10)13/h5-6,9-10,12-14,17H,2-4,7-8H2,1H3,(H,20,21). The Kier molecular flexibility index (Phi) is 3.90. The van der Waals surface area contributed by atoms with E-state index in [0.717, 1.165) is 22.6 Å². The Morgan fingerprint density at radius 1 is 1.23 bits per heavy atom. The Hall–Kier alpha value is -0.670. The fraction of sp³-hybridized carbons (Fsp3) is 0.611. The lowest BCUT2D eigenvalue weighted by Gasteiger charge is -2.32. The van der Waals surface area contributed by atoms with Crippen molar-refractivity contribution in [3.05, 3.63) is 28.8 Å². The number of hydrogen-bond acceptors (Lipinski definition) is 2. The topological polar surface area (TPSA) is 29.1 Å². The van der Waals surface area contributed by atoms with E-state index in [1.165, 1.54) is 32.1 Å². The quantitative estimate of drug-likeness (QED) is 0.817. The highest BCUT2D eigenvalue weighted by atomic mass is 35.5. The average molecular weight is 336 g/mol. The third kappa shape index (κ3) is 2.37. The Morgan fingerprint density at radius 3 is 2.86 bits per heavy atom. The van der Waals surface area contributed by atoms with Gasteiger partial charge in [0.05, 0.1) is 10.6 Å². The maximum absolute atomic E-state index is 12.7. The van der Waals surface area contributed by atoms with Gasteiger partial charge in [-0.2, -0.15) is 0 Å². The molecule has 4 rings (SSSR count). The third-order valence-electron chi connectivity index (χ3n) is 6.16. The van der Waals surface area contributed by atoms with Gasteiger partial charge in [0.1, 0.15) is 0 Å². The van der Waals surface area contributed by atoms with Crippen LogP contribution in [-0.4, -0.2) is 18.2 Å². The van der Waals surface area contributed by atoms with E-state index in [9.17, 15) is 4.79 Å². The molecule has 1 aromatic rings. The van der Waals surface area contributed by atoms with Gasteiger partial charge >= 0.3 is 0 Å². The normalized spacial score (nSPS) is 35.6. The van der Waals surface area contributed by atoms with E-state index in [0.29, 0.717) is 22.5 Å². The molecule has 0 heterocycles. The molecule has 0 radical (unpaired) electrons. The highest BCUT2D eigenvalue weighted by molar-refractivity contribution is 7.98. The molecule has 2 bridgehead atoms. The first-order valence-electron chi connectivity index (χ1n) is 8.32. The van der Waals surface area contributed by atoms with E-state index in [1.54, 1.807) is 11.8 Å². The molecule has 22 heavy (non-hydrogen) atoms. The maximum atomic E-state index is 12.7. The van der Waals surface area contributed by atoms with Gasteiger partial charge in [-0.1, -0.05) is 18.0 Å². The summed E-state index contributed by atoms with van der Waals surface area (Å²) < 4.78 is 0. The van der Waals surface area contributed by atoms with Crippen LogP contribution in [0.25, 0.3) is 0 Å². The summed E-state index contributed by atoms with van der Waals surface area (Å²) >= 11 is 7.87. The smallest absolute Gasteiger partial charge is 0.253 e. The summed E-state index contributed by atoms with van der Waals surface area (Å²) in [6.07, 6.45) is 8.72. The molecular formula is C18H22ClNOS. The number of hydrogen-bond donors (Lipinski definition) is 1. The first kappa shape index (κ1) is 14.9. The summed E-state index contributed by atoms with van der Waals surface area (Å²) in [7, 11) is 0. The minimum Gasteiger partial charge on any atom is -0.349 e. The third-order valence-corrected chi connectivity index (χ3v) is 7.22. The first-order chi connectivity index (χ1) is 10.7. The van der Waals surface area contributed by atoms with E-state index in [-0.39, 0.29) is 5.91 Å². The Bertz CT molecular complexity index is 605. The number of thioether (sulfide) groups is 1. The van der Waals surface area contributed by atoms with E-state index in [1.807, 2.05) is 24.5 Å². The van der Waals surface area contributed by atoms with E-state index in [2.05, 4.69) is 5.32 Å². The number of carbonyl (C=O) groups excluding carboxylic acids is 1. The van der Waals surface area contributed by atoms with Crippen LogP contribution in [-0.2, 0) is 0 Å². The summed E-state index contributed by atoms with van der Waals surface area (Å²) in [6.45, 7) is 0. The molecule has 2 nitrogen and oxygen atoms in total. The molecule has 4 heteroatoms. The second-order valence-electron chi connectivity index (χ2n) is 7.08. The van der Waals surface area contributed by atoms with Gasteiger partial charge in [-0.25, -0.2) is 0 Å². The lowest BCUT2D eigenvalue weighted by molar-refractivity contribution is 0.0901. The van der Waals surface area contributed by atoms with Gasteiger partial charge in [0.15, 0.2) is 0 Å². The van der Waals surface area contributed by atoms with Gasteiger partial charge in [-0.05, 0) is 73.8 Å². The molecule has 3 aliphatic rings. The van der Waals surface area contributed by atoms with Crippen molar-refractivity contribution >= 4 is 29.3 Å². The molecule has 0 aliphatic heterocycles. The first-order valence-corrected chi connectivity index (χ1v) is 9.92. The molecule has 3 fully saturated rings. The van der Waals surface area contributed by atoms with Crippen molar-refractivity contribution in [2.24, 2.45) is 23.7 Å². The minimum atomic E-state index is 0.00740. The number of halogens is 1. The van der Waals surface area contributed by atoms with Crippen LogP contribution in [0.4, 0.5) is 0 Å². The molecule has 5 atom stereocenters. The zero-order valence-electron chi connectivity index (χ0n) is 12.8. The van der Waals surface area contributed by atoms with Gasteiger partial charge in [-0.3, -0.25) is 4.79 Å². The molecular weight excluding hydrogens is 314 g/mol. The van der Waals surface area contributed by atoms with Gasteiger partial charge in [0.2, 0.25) is 0 Å². The molecule has 0 spiro atoms. The predicted octanol–water partition coefficient (Wildman–Crippen LogP) is 4.62. The molecule has 3 saturated carbocycles. The largest absolute Gasteiger partial charge is 0.349 e. The molecule has 0 aromatic heterocycles. The van der Waals surface area contributed by atoms with E-state index >= 15 is 0 Å². The molecule has 3 aliphatic carbocycles. The molecule has 118 valence electrons. The number of rotatable bonds is 3. The fourth-order valence-electron chi connectivity index (χ4n) is 5.29. The van der Waals surface area contributed by atoms with Crippen molar-refractivity contribution in [2.45, 2.75) is 43.0 Å². The number of carbonyl (C=O) groups is 1. The van der Waals surface area contributed by atoms with Crippen LogP contribution in [0, 0.1) is 23.7 Å². The van der Waals surface area contributed by atoms with Gasteiger partial charge in [0, 0.05) is 10.9 Å². The highest BCUT2D eigenvalue weighted by Crippen LogP contribution is 2.58. The monoisotopic (exact) mass is 335 g/mol. The summed E-state index contributed by atoms with van der Waals surface area (Å²) in [5.41, 5.74) is 0.624. The van der Waals surface area contributed by atoms with Crippen molar-refractivity contribution in [3.8, 4) is 0 Å². The van der Waals surface area contributed by atoms with Crippen molar-refractivity contribution < 1.29 is 4.79 Å². The molecule has 1 aromatic carbocycles. The highest BCUT2D eigenvalue weighted by Gasteiger charge is 2.54. The average Bonchev–Trinajstić information content (AvgIpc) is 3.20. The van der Waals surface area contributed by atoms with Crippen molar-refractivity contribution in [1.29, 1.82) is 0 Å². The van der Waals surface area contributed by atoms with E-state index < -0.39 is 0 Å². The zero-order valence-corrected chi connectivity index (χ0v) is 14.4. The fourth-order valence-corrected chi connectivity index (χ4v) is 5.93. The second kappa shape index (κ2) is 5.76. The Balaban J connectivity index is 1.49. The molecule has 0 saturated heterocycles.